The third-order valence-corrected chi connectivity index (χ3v) is 8.99. The van der Waals surface area contributed by atoms with Crippen LogP contribution in [0.4, 0.5) is 8.78 Å². The van der Waals surface area contributed by atoms with Gasteiger partial charge in [-0.1, -0.05) is 91.0 Å². The smallest absolute Gasteiger partial charge is 0.143 e. The van der Waals surface area contributed by atoms with Gasteiger partial charge in [-0.25, -0.2) is 13.8 Å². The van der Waals surface area contributed by atoms with E-state index >= 15 is 0 Å². The van der Waals surface area contributed by atoms with E-state index in [1.54, 1.807) is 6.92 Å². The molecule has 4 aromatic carbocycles. The number of hydrogen-bond acceptors (Lipinski definition) is 3. The van der Waals surface area contributed by atoms with Crippen LogP contribution >= 0.6 is 11.3 Å². The predicted octanol–water partition coefficient (Wildman–Crippen LogP) is 8.19. The maximum Gasteiger partial charge on any atom is 0.143 e. The van der Waals surface area contributed by atoms with Crippen LogP contribution in [0.1, 0.15) is 45.3 Å². The highest BCUT2D eigenvalue weighted by Gasteiger charge is 2.38. The first kappa shape index (κ1) is 26.1. The summed E-state index contributed by atoms with van der Waals surface area (Å²) in [4.78, 5) is 5.42. The van der Waals surface area contributed by atoms with E-state index in [0.29, 0.717) is 33.4 Å². The van der Waals surface area contributed by atoms with Crippen molar-refractivity contribution in [2.75, 3.05) is 0 Å². The lowest BCUT2D eigenvalue weighted by Crippen LogP contribution is -2.36. The second-order valence-electron chi connectivity index (χ2n) is 9.99. The van der Waals surface area contributed by atoms with Gasteiger partial charge in [0.1, 0.15) is 17.2 Å². The maximum absolute atomic E-state index is 14.4. The molecule has 3 nitrogen and oxygen atoms in total. The van der Waals surface area contributed by atoms with E-state index in [9.17, 15) is 13.9 Å². The van der Waals surface area contributed by atoms with Gasteiger partial charge in [0.2, 0.25) is 0 Å². The molecule has 2 heterocycles. The van der Waals surface area contributed by atoms with Crippen molar-refractivity contribution in [3.63, 3.8) is 0 Å². The Morgan fingerprint density at radius 3 is 1.95 bits per heavy atom. The summed E-state index contributed by atoms with van der Waals surface area (Å²) in [6, 6.07) is 33.4. The molecule has 0 radical (unpaired) electrons. The first-order valence-electron chi connectivity index (χ1n) is 13.2. The Bertz CT molecular complexity index is 1650. The molecule has 6 rings (SSSR count). The van der Waals surface area contributed by atoms with Gasteiger partial charge in [0.25, 0.3) is 0 Å². The highest BCUT2D eigenvalue weighted by Crippen LogP contribution is 2.41. The van der Waals surface area contributed by atoms with Crippen LogP contribution in [0.5, 0.6) is 0 Å². The highest BCUT2D eigenvalue weighted by molar-refractivity contribution is 7.19. The minimum absolute atomic E-state index is 0.371. The molecule has 0 aliphatic heterocycles. The Morgan fingerprint density at radius 1 is 0.850 bits per heavy atom. The number of rotatable bonds is 8. The zero-order chi connectivity index (χ0) is 27.7. The van der Waals surface area contributed by atoms with Gasteiger partial charge >= 0.3 is 0 Å². The summed E-state index contributed by atoms with van der Waals surface area (Å²) in [6.07, 6.45) is 4.02. The quantitative estimate of drug-likeness (QED) is 0.194. The highest BCUT2D eigenvalue weighted by atomic mass is 32.1. The molecule has 0 aliphatic rings. The standard InChI is InChI=1S/C34H28F2N2OS/c1-23-29-19-27(35)20-30(36)33(29)40-32(23)31(39)18-17-28-21-38(22-37-28)34(24-11-5-2-6-12-24,25-13-7-3-8-14-25)26-15-9-4-10-16-26/h2-16,19-22,31,39H,17-18H2,1H3. The van der Waals surface area contributed by atoms with E-state index in [2.05, 4.69) is 41.0 Å². The first-order chi connectivity index (χ1) is 19.5. The van der Waals surface area contributed by atoms with Crippen LogP contribution in [-0.4, -0.2) is 14.7 Å². The fraction of sp³-hybridized carbons (Fsp3) is 0.147. The SMILES string of the molecule is Cc1c(C(O)CCc2cn(C(c3ccccc3)(c3ccccc3)c3ccccc3)cn2)sc2c(F)cc(F)cc12. The van der Waals surface area contributed by atoms with Crippen molar-refractivity contribution in [2.45, 2.75) is 31.4 Å². The molecule has 200 valence electrons. The number of aromatic nitrogens is 2. The van der Waals surface area contributed by atoms with Gasteiger partial charge in [-0.2, -0.15) is 0 Å². The number of halogens is 2. The van der Waals surface area contributed by atoms with E-state index in [4.69, 9.17) is 4.98 Å². The number of aliphatic hydroxyl groups is 1. The minimum atomic E-state index is -0.813. The normalized spacial score (nSPS) is 12.6. The number of nitrogens with zero attached hydrogens (tertiary/aromatic N) is 2. The van der Waals surface area contributed by atoms with Gasteiger partial charge in [-0.3, -0.25) is 0 Å². The summed E-state index contributed by atoms with van der Waals surface area (Å²) in [5, 5.41) is 11.6. The molecule has 1 unspecified atom stereocenters. The van der Waals surface area contributed by atoms with Gasteiger partial charge in [-0.05, 0) is 48.1 Å². The van der Waals surface area contributed by atoms with Gasteiger partial charge in [0.15, 0.2) is 0 Å². The molecular formula is C34H28F2N2OS. The topological polar surface area (TPSA) is 38.0 Å². The maximum atomic E-state index is 14.4. The summed E-state index contributed by atoms with van der Waals surface area (Å²) < 4.78 is 30.7. The molecule has 40 heavy (non-hydrogen) atoms. The molecule has 1 atom stereocenters. The van der Waals surface area contributed by atoms with Crippen molar-refractivity contribution in [1.82, 2.24) is 9.55 Å². The predicted molar refractivity (Wildman–Crippen MR) is 157 cm³/mol. The number of hydrogen-bond donors (Lipinski definition) is 1. The van der Waals surface area contributed by atoms with Crippen LogP contribution in [0.3, 0.4) is 0 Å². The zero-order valence-corrected chi connectivity index (χ0v) is 22.8. The molecule has 0 bridgehead atoms. The van der Waals surface area contributed by atoms with Crippen molar-refractivity contribution < 1.29 is 13.9 Å². The van der Waals surface area contributed by atoms with Crippen molar-refractivity contribution in [3.8, 4) is 0 Å². The summed E-state index contributed by atoms with van der Waals surface area (Å²) in [5.74, 6) is -1.21. The van der Waals surface area contributed by atoms with E-state index in [0.717, 1.165) is 28.5 Å². The second kappa shape index (κ2) is 10.8. The molecule has 2 aromatic heterocycles. The minimum Gasteiger partial charge on any atom is -0.388 e. The average molecular weight is 551 g/mol. The lowest BCUT2D eigenvalue weighted by Gasteiger charge is -2.37. The van der Waals surface area contributed by atoms with Crippen LogP contribution in [0.2, 0.25) is 0 Å². The van der Waals surface area contributed by atoms with Gasteiger partial charge in [0, 0.05) is 22.5 Å². The fourth-order valence-corrected chi connectivity index (χ4v) is 6.87. The molecule has 6 aromatic rings. The van der Waals surface area contributed by atoms with Crippen molar-refractivity contribution in [2.24, 2.45) is 0 Å². The number of thiophene rings is 1. The Hall–Kier alpha value is -4.13. The van der Waals surface area contributed by atoms with Gasteiger partial charge in [-0.15, -0.1) is 11.3 Å². The molecule has 6 heteroatoms. The average Bonchev–Trinajstić information content (AvgIpc) is 3.59. The summed E-state index contributed by atoms with van der Waals surface area (Å²) in [5.41, 5.74) is 4.21. The fourth-order valence-electron chi connectivity index (χ4n) is 5.66. The van der Waals surface area contributed by atoms with E-state index < -0.39 is 23.3 Å². The molecule has 0 amide bonds. The Labute approximate surface area is 236 Å². The monoisotopic (exact) mass is 550 g/mol. The van der Waals surface area contributed by atoms with Gasteiger partial charge < -0.3 is 9.67 Å². The van der Waals surface area contributed by atoms with E-state index in [-0.39, 0.29) is 0 Å². The number of imidazole rings is 1. The zero-order valence-electron chi connectivity index (χ0n) is 22.0. The Kier molecular flexibility index (Phi) is 7.05. The van der Waals surface area contributed by atoms with Crippen LogP contribution in [0.15, 0.2) is 116 Å². The summed E-state index contributed by atoms with van der Waals surface area (Å²) >= 11 is 1.19. The third-order valence-electron chi connectivity index (χ3n) is 7.57. The summed E-state index contributed by atoms with van der Waals surface area (Å²) in [6.45, 7) is 1.80. The largest absolute Gasteiger partial charge is 0.388 e. The molecule has 0 fully saturated rings. The third kappa shape index (κ3) is 4.53. The number of aryl methyl sites for hydroxylation is 2. The number of aliphatic hydroxyl groups excluding tert-OH is 1. The lowest BCUT2D eigenvalue weighted by molar-refractivity contribution is 0.170. The van der Waals surface area contributed by atoms with Gasteiger partial charge in [0.05, 0.1) is 22.8 Å². The molecular weight excluding hydrogens is 522 g/mol. The van der Waals surface area contributed by atoms with Crippen LogP contribution in [0.25, 0.3) is 10.1 Å². The van der Waals surface area contributed by atoms with Crippen LogP contribution in [0, 0.1) is 18.6 Å². The van der Waals surface area contributed by atoms with Crippen molar-refractivity contribution in [1.29, 1.82) is 0 Å². The summed E-state index contributed by atoms with van der Waals surface area (Å²) in [7, 11) is 0. The van der Waals surface area contributed by atoms with E-state index in [1.807, 2.05) is 67.1 Å². The molecule has 0 spiro atoms. The second-order valence-corrected chi connectivity index (χ2v) is 11.0. The Morgan fingerprint density at radius 2 is 1.40 bits per heavy atom. The van der Waals surface area contributed by atoms with Crippen molar-refractivity contribution >= 4 is 21.4 Å². The van der Waals surface area contributed by atoms with Crippen LogP contribution < -0.4 is 0 Å². The molecule has 0 saturated carbocycles. The Balaban J connectivity index is 1.37. The van der Waals surface area contributed by atoms with Crippen LogP contribution in [-0.2, 0) is 12.0 Å². The molecule has 0 saturated heterocycles. The van der Waals surface area contributed by atoms with Crippen molar-refractivity contribution in [3.05, 3.63) is 160 Å². The number of benzene rings is 4. The first-order valence-corrected chi connectivity index (χ1v) is 14.1. The molecule has 0 aliphatic carbocycles. The lowest BCUT2D eigenvalue weighted by atomic mass is 9.77. The molecule has 1 N–H and O–H groups in total. The number of fused-ring (bicyclic) bond motifs is 1. The van der Waals surface area contributed by atoms with E-state index in [1.165, 1.54) is 17.4 Å².